The van der Waals surface area contributed by atoms with Gasteiger partial charge in [-0.05, 0) is 37.8 Å². The third-order valence-corrected chi connectivity index (χ3v) is 3.79. The van der Waals surface area contributed by atoms with Crippen LogP contribution in [0.4, 0.5) is 4.39 Å². The van der Waals surface area contributed by atoms with E-state index in [4.69, 9.17) is 0 Å². The molecule has 0 radical (unpaired) electrons. The third-order valence-electron chi connectivity index (χ3n) is 3.79. The molecular weight excluding hydrogens is 219 g/mol. The summed E-state index contributed by atoms with van der Waals surface area (Å²) in [7, 11) is 0. The first-order valence-electron chi connectivity index (χ1n) is 6.13. The van der Waals surface area contributed by atoms with E-state index in [0.717, 1.165) is 12.8 Å². The van der Waals surface area contributed by atoms with Crippen molar-refractivity contribution in [2.24, 2.45) is 0 Å². The Morgan fingerprint density at radius 3 is 2.59 bits per heavy atom. The first-order chi connectivity index (χ1) is 8.25. The molecule has 2 aliphatic heterocycles. The number of alkyl halides is 1. The molecular formula is C13H15FN2O. The summed E-state index contributed by atoms with van der Waals surface area (Å²) in [6.07, 6.45) is 3.74. The lowest BCUT2D eigenvalue weighted by atomic mass is 10.0. The molecule has 17 heavy (non-hydrogen) atoms. The number of amides is 1. The molecule has 3 heterocycles. The Morgan fingerprint density at radius 2 is 2.00 bits per heavy atom. The van der Waals surface area contributed by atoms with Crippen LogP contribution in [0.1, 0.15) is 36.2 Å². The average molecular weight is 234 g/mol. The molecule has 2 bridgehead atoms. The highest BCUT2D eigenvalue weighted by Crippen LogP contribution is 2.37. The van der Waals surface area contributed by atoms with Crippen LogP contribution in [-0.2, 0) is 0 Å². The number of aromatic nitrogens is 1. The lowest BCUT2D eigenvalue weighted by Crippen LogP contribution is -2.47. The van der Waals surface area contributed by atoms with Crippen molar-refractivity contribution in [3.63, 3.8) is 0 Å². The van der Waals surface area contributed by atoms with E-state index in [0.29, 0.717) is 18.5 Å². The zero-order valence-electron chi connectivity index (χ0n) is 9.55. The number of hydrogen-bond donors (Lipinski definition) is 0. The monoisotopic (exact) mass is 234 g/mol. The SMILES string of the molecule is O=C(c1ccccn1)N1C2CCC1CC(F)C2. The molecule has 0 aromatic carbocycles. The molecule has 2 atom stereocenters. The van der Waals surface area contributed by atoms with Crippen molar-refractivity contribution in [3.05, 3.63) is 30.1 Å². The Kier molecular flexibility index (Phi) is 2.57. The van der Waals surface area contributed by atoms with Gasteiger partial charge >= 0.3 is 0 Å². The Labute approximate surface area is 99.6 Å². The molecule has 0 spiro atoms. The van der Waals surface area contributed by atoms with E-state index in [9.17, 15) is 9.18 Å². The van der Waals surface area contributed by atoms with E-state index in [2.05, 4.69) is 4.98 Å². The van der Waals surface area contributed by atoms with Crippen LogP contribution in [0.15, 0.2) is 24.4 Å². The smallest absolute Gasteiger partial charge is 0.272 e. The number of carbonyl (C=O) groups is 1. The Hall–Kier alpha value is -1.45. The van der Waals surface area contributed by atoms with Crippen molar-refractivity contribution in [1.29, 1.82) is 0 Å². The molecule has 0 saturated carbocycles. The van der Waals surface area contributed by atoms with Crippen molar-refractivity contribution in [1.82, 2.24) is 9.88 Å². The molecule has 3 rings (SSSR count). The Bertz CT molecular complexity index is 409. The molecule has 0 aliphatic carbocycles. The minimum absolute atomic E-state index is 0.0370. The lowest BCUT2D eigenvalue weighted by molar-refractivity contribution is 0.0473. The van der Waals surface area contributed by atoms with Gasteiger partial charge in [0.15, 0.2) is 0 Å². The van der Waals surface area contributed by atoms with Gasteiger partial charge in [0.05, 0.1) is 0 Å². The van der Waals surface area contributed by atoms with E-state index in [1.54, 1.807) is 18.3 Å². The summed E-state index contributed by atoms with van der Waals surface area (Å²) in [4.78, 5) is 18.3. The number of fused-ring (bicyclic) bond motifs is 2. The molecule has 90 valence electrons. The molecule has 0 N–H and O–H groups in total. The molecule has 2 fully saturated rings. The Balaban J connectivity index is 1.84. The van der Waals surface area contributed by atoms with Crippen LogP contribution < -0.4 is 0 Å². The van der Waals surface area contributed by atoms with Gasteiger partial charge < -0.3 is 4.90 Å². The van der Waals surface area contributed by atoms with Gasteiger partial charge in [-0.2, -0.15) is 0 Å². The van der Waals surface area contributed by atoms with Crippen molar-refractivity contribution in [3.8, 4) is 0 Å². The van der Waals surface area contributed by atoms with Crippen LogP contribution in [0.25, 0.3) is 0 Å². The zero-order chi connectivity index (χ0) is 11.8. The lowest BCUT2D eigenvalue weighted by Gasteiger charge is -2.36. The number of nitrogens with zero attached hydrogens (tertiary/aromatic N) is 2. The quantitative estimate of drug-likeness (QED) is 0.746. The standard InChI is InChI=1S/C13H15FN2O/c14-9-7-10-4-5-11(8-9)16(10)13(17)12-3-1-2-6-15-12/h1-3,6,9-11H,4-5,7-8H2. The van der Waals surface area contributed by atoms with Crippen molar-refractivity contribution in [2.45, 2.75) is 43.9 Å². The van der Waals surface area contributed by atoms with Gasteiger partial charge in [0.1, 0.15) is 11.9 Å². The van der Waals surface area contributed by atoms with Crippen molar-refractivity contribution >= 4 is 5.91 Å². The number of halogens is 1. The maximum Gasteiger partial charge on any atom is 0.272 e. The van der Waals surface area contributed by atoms with Crippen LogP contribution >= 0.6 is 0 Å². The predicted molar refractivity (Wildman–Crippen MR) is 61.3 cm³/mol. The first kappa shape index (κ1) is 10.7. The fourth-order valence-electron chi connectivity index (χ4n) is 3.06. The van der Waals surface area contributed by atoms with Crippen molar-refractivity contribution < 1.29 is 9.18 Å². The summed E-state index contributed by atoms with van der Waals surface area (Å²) in [5.41, 5.74) is 0.474. The van der Waals surface area contributed by atoms with E-state index in [1.807, 2.05) is 11.0 Å². The fourth-order valence-corrected chi connectivity index (χ4v) is 3.06. The van der Waals surface area contributed by atoms with E-state index < -0.39 is 6.17 Å². The van der Waals surface area contributed by atoms with E-state index in [1.165, 1.54) is 0 Å². The molecule has 2 unspecified atom stereocenters. The molecule has 2 saturated heterocycles. The summed E-state index contributed by atoms with van der Waals surface area (Å²) >= 11 is 0. The second-order valence-electron chi connectivity index (χ2n) is 4.88. The molecule has 1 aromatic rings. The van der Waals surface area contributed by atoms with Crippen LogP contribution in [0.5, 0.6) is 0 Å². The second kappa shape index (κ2) is 4.09. The van der Waals surface area contributed by atoms with Gasteiger partial charge in [-0.25, -0.2) is 4.39 Å². The topological polar surface area (TPSA) is 33.2 Å². The van der Waals surface area contributed by atoms with Crippen LogP contribution in [0, 0.1) is 0 Å². The first-order valence-corrected chi connectivity index (χ1v) is 6.13. The molecule has 3 nitrogen and oxygen atoms in total. The number of piperidine rings is 1. The highest BCUT2D eigenvalue weighted by Gasteiger charge is 2.43. The van der Waals surface area contributed by atoms with Crippen LogP contribution in [0.3, 0.4) is 0 Å². The number of carbonyl (C=O) groups excluding carboxylic acids is 1. The number of rotatable bonds is 1. The largest absolute Gasteiger partial charge is 0.331 e. The third kappa shape index (κ3) is 1.81. The summed E-state index contributed by atoms with van der Waals surface area (Å²) < 4.78 is 13.4. The predicted octanol–water partition coefficient (Wildman–Crippen LogP) is 2.19. The van der Waals surface area contributed by atoms with Crippen LogP contribution in [0.2, 0.25) is 0 Å². The minimum Gasteiger partial charge on any atom is -0.331 e. The van der Waals surface area contributed by atoms with E-state index >= 15 is 0 Å². The second-order valence-corrected chi connectivity index (χ2v) is 4.88. The highest BCUT2D eigenvalue weighted by atomic mass is 19.1. The maximum atomic E-state index is 13.4. The summed E-state index contributed by atoms with van der Waals surface area (Å²) in [5, 5.41) is 0. The van der Waals surface area contributed by atoms with E-state index in [-0.39, 0.29) is 18.0 Å². The zero-order valence-corrected chi connectivity index (χ0v) is 9.55. The molecule has 2 aliphatic rings. The molecule has 4 heteroatoms. The number of pyridine rings is 1. The summed E-state index contributed by atoms with van der Waals surface area (Å²) in [6, 6.07) is 5.49. The van der Waals surface area contributed by atoms with Gasteiger partial charge in [0, 0.05) is 18.3 Å². The molecule has 1 aromatic heterocycles. The highest BCUT2D eigenvalue weighted by molar-refractivity contribution is 5.93. The summed E-state index contributed by atoms with van der Waals surface area (Å²) in [6.45, 7) is 0. The van der Waals surface area contributed by atoms with Gasteiger partial charge in [-0.15, -0.1) is 0 Å². The fraction of sp³-hybridized carbons (Fsp3) is 0.538. The van der Waals surface area contributed by atoms with Gasteiger partial charge in [0.2, 0.25) is 0 Å². The average Bonchev–Trinajstić information content (AvgIpc) is 2.62. The van der Waals surface area contributed by atoms with Crippen molar-refractivity contribution in [2.75, 3.05) is 0 Å². The maximum absolute atomic E-state index is 13.4. The minimum atomic E-state index is -0.736. The van der Waals surface area contributed by atoms with Gasteiger partial charge in [-0.3, -0.25) is 9.78 Å². The normalized spacial score (nSPS) is 31.6. The Morgan fingerprint density at radius 1 is 1.29 bits per heavy atom. The number of hydrogen-bond acceptors (Lipinski definition) is 2. The van der Waals surface area contributed by atoms with Gasteiger partial charge in [-0.1, -0.05) is 6.07 Å². The summed E-state index contributed by atoms with van der Waals surface area (Å²) in [5.74, 6) is -0.0370. The molecule has 1 amide bonds. The van der Waals surface area contributed by atoms with Crippen LogP contribution in [-0.4, -0.2) is 34.0 Å². The van der Waals surface area contributed by atoms with Gasteiger partial charge in [0.25, 0.3) is 5.91 Å².